The molecule has 3 rings (SSSR count). The van der Waals surface area contributed by atoms with E-state index in [0.717, 1.165) is 22.6 Å². The van der Waals surface area contributed by atoms with Crippen LogP contribution in [-0.2, 0) is 4.79 Å². The van der Waals surface area contributed by atoms with Gasteiger partial charge in [0, 0.05) is 24.1 Å². The van der Waals surface area contributed by atoms with Crippen LogP contribution in [0.25, 0.3) is 6.08 Å². The second kappa shape index (κ2) is 7.01. The Balaban J connectivity index is 1.78. The summed E-state index contributed by atoms with van der Waals surface area (Å²) >= 11 is 0. The zero-order valence-electron chi connectivity index (χ0n) is 14.8. The van der Waals surface area contributed by atoms with Gasteiger partial charge in [-0.05, 0) is 37.6 Å². The molecular formula is C21H23NO3. The van der Waals surface area contributed by atoms with E-state index in [-0.39, 0.29) is 17.6 Å². The van der Waals surface area contributed by atoms with Gasteiger partial charge in [0.15, 0.2) is 0 Å². The number of rotatable bonds is 4. The average molecular weight is 337 g/mol. The zero-order chi connectivity index (χ0) is 17.9. The third-order valence-corrected chi connectivity index (χ3v) is 4.22. The number of carbonyl (C=O) groups excluding carboxylic acids is 1. The Bertz CT molecular complexity index is 781. The number of hydrogen-bond donors (Lipinski definition) is 1. The van der Waals surface area contributed by atoms with Crippen molar-refractivity contribution in [1.82, 2.24) is 5.32 Å². The van der Waals surface area contributed by atoms with Gasteiger partial charge in [-0.25, -0.2) is 0 Å². The maximum atomic E-state index is 12.4. The number of amides is 1. The molecule has 0 bridgehead atoms. The minimum absolute atomic E-state index is 0.0995. The van der Waals surface area contributed by atoms with Gasteiger partial charge in [0.1, 0.15) is 17.1 Å². The lowest BCUT2D eigenvalue weighted by atomic mass is 9.89. The van der Waals surface area contributed by atoms with Crippen LogP contribution in [0, 0.1) is 0 Å². The summed E-state index contributed by atoms with van der Waals surface area (Å²) in [5.74, 6) is 1.38. The molecule has 4 heteroatoms. The Morgan fingerprint density at radius 3 is 2.72 bits per heavy atom. The van der Waals surface area contributed by atoms with Gasteiger partial charge >= 0.3 is 0 Å². The smallest absolute Gasteiger partial charge is 0.244 e. The molecule has 130 valence electrons. The Hall–Kier alpha value is -2.75. The number of fused-ring (bicyclic) bond motifs is 1. The van der Waals surface area contributed by atoms with Gasteiger partial charge in [0.2, 0.25) is 5.91 Å². The topological polar surface area (TPSA) is 47.6 Å². The van der Waals surface area contributed by atoms with Crippen LogP contribution in [-0.4, -0.2) is 18.6 Å². The lowest BCUT2D eigenvalue weighted by molar-refractivity contribution is -0.117. The molecule has 0 fully saturated rings. The van der Waals surface area contributed by atoms with Gasteiger partial charge in [0.25, 0.3) is 0 Å². The zero-order valence-corrected chi connectivity index (χ0v) is 14.8. The summed E-state index contributed by atoms with van der Waals surface area (Å²) in [7, 11) is 1.63. The van der Waals surface area contributed by atoms with Crippen molar-refractivity contribution in [1.29, 1.82) is 0 Å². The fourth-order valence-electron chi connectivity index (χ4n) is 3.04. The quantitative estimate of drug-likeness (QED) is 0.854. The fraction of sp³-hybridized carbons (Fsp3) is 0.286. The van der Waals surface area contributed by atoms with E-state index in [9.17, 15) is 4.79 Å². The molecule has 1 N–H and O–H groups in total. The van der Waals surface area contributed by atoms with E-state index in [0.29, 0.717) is 6.42 Å². The lowest BCUT2D eigenvalue weighted by Gasteiger charge is -2.37. The molecule has 1 aliphatic rings. The highest BCUT2D eigenvalue weighted by atomic mass is 16.5. The Labute approximate surface area is 148 Å². The third-order valence-electron chi connectivity index (χ3n) is 4.22. The summed E-state index contributed by atoms with van der Waals surface area (Å²) < 4.78 is 11.3. The second-order valence-electron chi connectivity index (χ2n) is 6.77. The lowest BCUT2D eigenvalue weighted by Crippen LogP contribution is -2.40. The molecule has 1 atom stereocenters. The number of hydrogen-bond acceptors (Lipinski definition) is 3. The van der Waals surface area contributed by atoms with E-state index < -0.39 is 0 Å². The number of ether oxygens (including phenoxy) is 2. The molecule has 2 aromatic rings. The van der Waals surface area contributed by atoms with E-state index in [4.69, 9.17) is 9.47 Å². The van der Waals surface area contributed by atoms with Crippen LogP contribution >= 0.6 is 0 Å². The van der Waals surface area contributed by atoms with E-state index in [1.807, 2.05) is 68.5 Å². The van der Waals surface area contributed by atoms with E-state index >= 15 is 0 Å². The molecule has 0 saturated heterocycles. The standard InChI is InChI=1S/C21H23NO3/c1-21(2)14-18(17-11-10-16(24-3)13-19(17)25-21)22-20(23)12-9-15-7-5-4-6-8-15/h4-13,18H,14H2,1-3H3,(H,22,23)/b12-9+. The predicted octanol–water partition coefficient (Wildman–Crippen LogP) is 4.13. The van der Waals surface area contributed by atoms with Crippen LogP contribution in [0.2, 0.25) is 0 Å². The van der Waals surface area contributed by atoms with Crippen LogP contribution < -0.4 is 14.8 Å². The molecule has 0 saturated carbocycles. The molecule has 0 aliphatic carbocycles. The van der Waals surface area contributed by atoms with Gasteiger partial charge in [-0.3, -0.25) is 4.79 Å². The van der Waals surface area contributed by atoms with Crippen molar-refractivity contribution in [2.75, 3.05) is 7.11 Å². The van der Waals surface area contributed by atoms with Crippen molar-refractivity contribution in [2.45, 2.75) is 31.9 Å². The largest absolute Gasteiger partial charge is 0.497 e. The molecule has 0 radical (unpaired) electrons. The summed E-state index contributed by atoms with van der Waals surface area (Å²) in [6, 6.07) is 15.4. The third kappa shape index (κ3) is 4.21. The minimum atomic E-state index is -0.361. The molecule has 0 spiro atoms. The van der Waals surface area contributed by atoms with Crippen LogP contribution in [0.1, 0.15) is 37.4 Å². The Morgan fingerprint density at radius 2 is 2.00 bits per heavy atom. The van der Waals surface area contributed by atoms with Crippen molar-refractivity contribution in [2.24, 2.45) is 0 Å². The SMILES string of the molecule is COc1ccc2c(c1)OC(C)(C)CC2NC(=O)/C=C/c1ccccc1. The number of nitrogens with one attached hydrogen (secondary N) is 1. The summed E-state index contributed by atoms with van der Waals surface area (Å²) in [4.78, 5) is 12.4. The average Bonchev–Trinajstić information content (AvgIpc) is 2.59. The highest BCUT2D eigenvalue weighted by molar-refractivity contribution is 5.92. The highest BCUT2D eigenvalue weighted by Crippen LogP contribution is 2.41. The molecule has 25 heavy (non-hydrogen) atoms. The van der Waals surface area contributed by atoms with Crippen molar-refractivity contribution in [3.05, 3.63) is 65.7 Å². The monoisotopic (exact) mass is 337 g/mol. The van der Waals surface area contributed by atoms with Gasteiger partial charge in [-0.15, -0.1) is 0 Å². The molecule has 1 amide bonds. The molecule has 2 aromatic carbocycles. The summed E-state index contributed by atoms with van der Waals surface area (Å²) in [6.07, 6.45) is 4.09. The van der Waals surface area contributed by atoms with Gasteiger partial charge in [-0.2, -0.15) is 0 Å². The number of carbonyl (C=O) groups is 1. The first kappa shape index (κ1) is 17.1. The Morgan fingerprint density at radius 1 is 1.24 bits per heavy atom. The van der Waals surface area contributed by atoms with Crippen molar-refractivity contribution >= 4 is 12.0 Å². The highest BCUT2D eigenvalue weighted by Gasteiger charge is 2.34. The van der Waals surface area contributed by atoms with Gasteiger partial charge < -0.3 is 14.8 Å². The molecule has 1 heterocycles. The first-order chi connectivity index (χ1) is 12.0. The summed E-state index contributed by atoms with van der Waals surface area (Å²) in [5, 5.41) is 3.09. The Kier molecular flexibility index (Phi) is 4.79. The molecular weight excluding hydrogens is 314 g/mol. The maximum absolute atomic E-state index is 12.4. The maximum Gasteiger partial charge on any atom is 0.244 e. The first-order valence-corrected chi connectivity index (χ1v) is 8.37. The van der Waals surface area contributed by atoms with Crippen LogP contribution in [0.5, 0.6) is 11.5 Å². The minimum Gasteiger partial charge on any atom is -0.497 e. The van der Waals surface area contributed by atoms with Crippen LogP contribution in [0.15, 0.2) is 54.6 Å². The molecule has 4 nitrogen and oxygen atoms in total. The molecule has 1 aliphatic heterocycles. The van der Waals surface area contributed by atoms with E-state index in [1.54, 1.807) is 13.2 Å². The van der Waals surface area contributed by atoms with Crippen LogP contribution in [0.4, 0.5) is 0 Å². The fourth-order valence-corrected chi connectivity index (χ4v) is 3.04. The van der Waals surface area contributed by atoms with Crippen molar-refractivity contribution in [3.63, 3.8) is 0 Å². The van der Waals surface area contributed by atoms with E-state index in [1.165, 1.54) is 0 Å². The van der Waals surface area contributed by atoms with Crippen molar-refractivity contribution in [3.8, 4) is 11.5 Å². The summed E-state index contributed by atoms with van der Waals surface area (Å²) in [6.45, 7) is 4.04. The second-order valence-corrected chi connectivity index (χ2v) is 6.77. The summed E-state index contributed by atoms with van der Waals surface area (Å²) in [5.41, 5.74) is 1.61. The predicted molar refractivity (Wildman–Crippen MR) is 98.7 cm³/mol. The number of methoxy groups -OCH3 is 1. The van der Waals surface area contributed by atoms with Crippen molar-refractivity contribution < 1.29 is 14.3 Å². The normalized spacial score (nSPS) is 18.3. The van der Waals surface area contributed by atoms with Gasteiger partial charge in [0.05, 0.1) is 13.2 Å². The number of benzene rings is 2. The van der Waals surface area contributed by atoms with E-state index in [2.05, 4.69) is 5.32 Å². The van der Waals surface area contributed by atoms with Gasteiger partial charge in [-0.1, -0.05) is 30.3 Å². The molecule has 0 aromatic heterocycles. The van der Waals surface area contributed by atoms with Crippen LogP contribution in [0.3, 0.4) is 0 Å². The first-order valence-electron chi connectivity index (χ1n) is 8.37. The molecule has 1 unspecified atom stereocenters.